The zero-order valence-electron chi connectivity index (χ0n) is 11.0. The number of hydrogen-bond donors (Lipinski definition) is 1. The lowest BCUT2D eigenvalue weighted by molar-refractivity contribution is 0.0698. The van der Waals surface area contributed by atoms with Gasteiger partial charge in [-0.1, -0.05) is 12.1 Å². The number of nitrogens with zero attached hydrogens (tertiary/aromatic N) is 2. The van der Waals surface area contributed by atoms with Gasteiger partial charge in [0.1, 0.15) is 0 Å². The summed E-state index contributed by atoms with van der Waals surface area (Å²) in [5, 5.41) is 10.3. The van der Waals surface area contributed by atoms with E-state index < -0.39 is 5.97 Å². The van der Waals surface area contributed by atoms with Gasteiger partial charge in [0.15, 0.2) is 0 Å². The summed E-state index contributed by atoms with van der Waals surface area (Å²) < 4.78 is 2.08. The lowest BCUT2D eigenvalue weighted by Gasteiger charge is -2.13. The van der Waals surface area contributed by atoms with Crippen molar-refractivity contribution < 1.29 is 9.90 Å². The number of aromatic nitrogens is 1. The number of hydrogen-bond acceptors (Lipinski definition) is 2. The van der Waals surface area contributed by atoms with Crippen molar-refractivity contribution in [3.8, 4) is 0 Å². The molecule has 0 radical (unpaired) electrons. The van der Waals surface area contributed by atoms with Gasteiger partial charge in [-0.2, -0.15) is 0 Å². The number of aryl methyl sites for hydroxylation is 1. The molecule has 1 N–H and O–H groups in total. The normalized spacial score (nSPS) is 11.3. The van der Waals surface area contributed by atoms with Crippen molar-refractivity contribution >= 4 is 16.9 Å². The molecular weight excluding hydrogens is 228 g/mol. The fraction of sp³-hybridized carbons (Fsp3) is 0.357. The smallest absolute Gasteiger partial charge is 0.337 e. The van der Waals surface area contributed by atoms with Gasteiger partial charge in [-0.05, 0) is 33.2 Å². The SMILES string of the molecule is CCn1c(CN(C)C)cc2cccc(C(=O)O)c21. The summed E-state index contributed by atoms with van der Waals surface area (Å²) in [7, 11) is 4.02. The van der Waals surface area contributed by atoms with E-state index in [1.165, 1.54) is 0 Å². The van der Waals surface area contributed by atoms with Crippen molar-refractivity contribution in [2.45, 2.75) is 20.0 Å². The first-order valence-corrected chi connectivity index (χ1v) is 6.03. The van der Waals surface area contributed by atoms with Crippen LogP contribution in [0.3, 0.4) is 0 Å². The molecule has 18 heavy (non-hydrogen) atoms. The van der Waals surface area contributed by atoms with Crippen molar-refractivity contribution in [3.63, 3.8) is 0 Å². The molecule has 4 heteroatoms. The lowest BCUT2D eigenvalue weighted by atomic mass is 10.1. The predicted molar refractivity (Wildman–Crippen MR) is 72.0 cm³/mol. The molecule has 1 aromatic carbocycles. The Hall–Kier alpha value is -1.81. The Balaban J connectivity index is 2.69. The standard InChI is InChI=1S/C14H18N2O2/c1-4-16-11(9-15(2)3)8-10-6-5-7-12(13(10)16)14(17)18/h5-8H,4,9H2,1-3H3,(H,17,18). The van der Waals surface area contributed by atoms with Gasteiger partial charge >= 0.3 is 5.97 Å². The molecule has 2 rings (SSSR count). The summed E-state index contributed by atoms with van der Waals surface area (Å²) in [6.07, 6.45) is 0. The fourth-order valence-corrected chi connectivity index (χ4v) is 2.37. The maximum absolute atomic E-state index is 11.3. The summed E-state index contributed by atoms with van der Waals surface area (Å²) in [4.78, 5) is 13.4. The van der Waals surface area contributed by atoms with Gasteiger partial charge < -0.3 is 14.6 Å². The predicted octanol–water partition coefficient (Wildman–Crippen LogP) is 2.42. The number of fused-ring (bicyclic) bond motifs is 1. The number of carboxylic acids is 1. The first kappa shape index (κ1) is 12.6. The number of carbonyl (C=O) groups is 1. The van der Waals surface area contributed by atoms with Crippen LogP contribution >= 0.6 is 0 Å². The third-order valence-electron chi connectivity index (χ3n) is 3.03. The van der Waals surface area contributed by atoms with Crippen LogP contribution in [0.2, 0.25) is 0 Å². The van der Waals surface area contributed by atoms with Crippen LogP contribution in [0.25, 0.3) is 10.9 Å². The second-order valence-corrected chi connectivity index (χ2v) is 4.67. The lowest BCUT2D eigenvalue weighted by Crippen LogP contribution is -2.14. The molecule has 0 aliphatic heterocycles. The topological polar surface area (TPSA) is 45.5 Å². The summed E-state index contributed by atoms with van der Waals surface area (Å²) in [5.41, 5.74) is 2.34. The summed E-state index contributed by atoms with van der Waals surface area (Å²) in [6.45, 7) is 3.62. The van der Waals surface area contributed by atoms with E-state index in [-0.39, 0.29) is 0 Å². The van der Waals surface area contributed by atoms with Gasteiger partial charge in [-0.3, -0.25) is 0 Å². The third kappa shape index (κ3) is 2.11. The van der Waals surface area contributed by atoms with E-state index >= 15 is 0 Å². The van der Waals surface area contributed by atoms with Crippen LogP contribution < -0.4 is 0 Å². The number of para-hydroxylation sites is 1. The molecular formula is C14H18N2O2. The van der Waals surface area contributed by atoms with E-state index in [1.807, 2.05) is 27.1 Å². The van der Waals surface area contributed by atoms with Gasteiger partial charge in [0, 0.05) is 24.2 Å². The molecule has 0 saturated heterocycles. The Bertz CT molecular complexity index is 585. The average Bonchev–Trinajstić information content (AvgIpc) is 2.64. The zero-order chi connectivity index (χ0) is 13.3. The highest BCUT2D eigenvalue weighted by atomic mass is 16.4. The van der Waals surface area contributed by atoms with E-state index in [0.29, 0.717) is 5.56 Å². The highest BCUT2D eigenvalue weighted by molar-refractivity contribution is 6.02. The van der Waals surface area contributed by atoms with E-state index in [4.69, 9.17) is 0 Å². The minimum atomic E-state index is -0.871. The molecule has 0 unspecified atom stereocenters. The second-order valence-electron chi connectivity index (χ2n) is 4.67. The van der Waals surface area contributed by atoms with Crippen LogP contribution in [0.15, 0.2) is 24.3 Å². The number of aromatic carboxylic acids is 1. The van der Waals surface area contributed by atoms with Crippen molar-refractivity contribution in [3.05, 3.63) is 35.5 Å². The molecule has 0 fully saturated rings. The highest BCUT2D eigenvalue weighted by Gasteiger charge is 2.15. The molecule has 0 aliphatic carbocycles. The van der Waals surface area contributed by atoms with Gasteiger partial charge in [0.05, 0.1) is 11.1 Å². The fourth-order valence-electron chi connectivity index (χ4n) is 2.37. The van der Waals surface area contributed by atoms with Gasteiger partial charge in [-0.25, -0.2) is 4.79 Å². The number of carboxylic acid groups (broad SMARTS) is 1. The van der Waals surface area contributed by atoms with Crippen molar-refractivity contribution in [1.29, 1.82) is 0 Å². The minimum Gasteiger partial charge on any atom is -0.478 e. The quantitative estimate of drug-likeness (QED) is 0.901. The molecule has 1 aromatic heterocycles. The second kappa shape index (κ2) is 4.82. The molecule has 0 amide bonds. The third-order valence-corrected chi connectivity index (χ3v) is 3.03. The molecule has 0 aliphatic rings. The van der Waals surface area contributed by atoms with Crippen molar-refractivity contribution in [2.75, 3.05) is 14.1 Å². The van der Waals surface area contributed by atoms with E-state index in [0.717, 1.165) is 29.7 Å². The van der Waals surface area contributed by atoms with Gasteiger partial charge in [0.25, 0.3) is 0 Å². The van der Waals surface area contributed by atoms with Crippen molar-refractivity contribution in [2.24, 2.45) is 0 Å². The first-order valence-electron chi connectivity index (χ1n) is 6.03. The Labute approximate surface area is 106 Å². The summed E-state index contributed by atoms with van der Waals surface area (Å²) in [5.74, 6) is -0.871. The Morgan fingerprint density at radius 2 is 2.11 bits per heavy atom. The van der Waals surface area contributed by atoms with Crippen LogP contribution in [0, 0.1) is 0 Å². The summed E-state index contributed by atoms with van der Waals surface area (Å²) in [6, 6.07) is 7.50. The number of rotatable bonds is 4. The number of benzene rings is 1. The monoisotopic (exact) mass is 246 g/mol. The molecule has 0 atom stereocenters. The van der Waals surface area contributed by atoms with Crippen LogP contribution in [0.4, 0.5) is 0 Å². The van der Waals surface area contributed by atoms with Crippen LogP contribution in [0.1, 0.15) is 23.0 Å². The van der Waals surface area contributed by atoms with Crippen LogP contribution in [-0.2, 0) is 13.1 Å². The molecule has 0 saturated carbocycles. The first-order chi connectivity index (χ1) is 8.54. The average molecular weight is 246 g/mol. The van der Waals surface area contributed by atoms with Crippen molar-refractivity contribution in [1.82, 2.24) is 9.47 Å². The molecule has 0 spiro atoms. The van der Waals surface area contributed by atoms with Gasteiger partial charge in [0.2, 0.25) is 0 Å². The Kier molecular flexibility index (Phi) is 3.39. The molecule has 2 aromatic rings. The highest BCUT2D eigenvalue weighted by Crippen LogP contribution is 2.24. The van der Waals surface area contributed by atoms with Gasteiger partial charge in [-0.15, -0.1) is 0 Å². The molecule has 96 valence electrons. The molecule has 1 heterocycles. The van der Waals surface area contributed by atoms with E-state index in [9.17, 15) is 9.90 Å². The van der Waals surface area contributed by atoms with E-state index in [1.54, 1.807) is 12.1 Å². The largest absolute Gasteiger partial charge is 0.478 e. The van der Waals surface area contributed by atoms with Crippen LogP contribution in [0.5, 0.6) is 0 Å². The molecule has 0 bridgehead atoms. The zero-order valence-corrected chi connectivity index (χ0v) is 11.0. The molecule has 4 nitrogen and oxygen atoms in total. The van der Waals surface area contributed by atoms with Crippen LogP contribution in [-0.4, -0.2) is 34.6 Å². The summed E-state index contributed by atoms with van der Waals surface area (Å²) >= 11 is 0. The van der Waals surface area contributed by atoms with E-state index in [2.05, 4.69) is 15.5 Å². The Morgan fingerprint density at radius 3 is 2.67 bits per heavy atom. The maximum Gasteiger partial charge on any atom is 0.337 e. The Morgan fingerprint density at radius 1 is 1.39 bits per heavy atom. The minimum absolute atomic E-state index is 0.374. The maximum atomic E-state index is 11.3.